The molecule has 0 aromatic heterocycles. The SMILES string of the molecule is C=C(C)C(O)CCC(C)=CCCC(C)=CCCC(C)=CCCC(C)=CCCC(C)=CCCC(C)CCO. The van der Waals surface area contributed by atoms with Crippen molar-refractivity contribution < 1.29 is 10.2 Å². The van der Waals surface area contributed by atoms with E-state index in [1.807, 2.05) is 6.92 Å². The van der Waals surface area contributed by atoms with Crippen molar-refractivity contribution in [2.45, 2.75) is 138 Å². The highest BCUT2D eigenvalue weighted by Crippen LogP contribution is 2.17. The van der Waals surface area contributed by atoms with Gasteiger partial charge in [0.1, 0.15) is 0 Å². The van der Waals surface area contributed by atoms with Crippen LogP contribution >= 0.6 is 0 Å². The lowest BCUT2D eigenvalue weighted by atomic mass is 10.0. The van der Waals surface area contributed by atoms with Gasteiger partial charge in [-0.25, -0.2) is 0 Å². The fourth-order valence-electron chi connectivity index (χ4n) is 4.29. The van der Waals surface area contributed by atoms with Crippen LogP contribution in [0.4, 0.5) is 0 Å². The van der Waals surface area contributed by atoms with Crippen molar-refractivity contribution in [3.8, 4) is 0 Å². The van der Waals surface area contributed by atoms with Crippen LogP contribution < -0.4 is 0 Å². The van der Waals surface area contributed by atoms with Crippen LogP contribution in [-0.2, 0) is 0 Å². The van der Waals surface area contributed by atoms with Crippen molar-refractivity contribution in [1.82, 2.24) is 0 Å². The van der Waals surface area contributed by atoms with Crippen LogP contribution in [0, 0.1) is 5.92 Å². The Labute approximate surface area is 231 Å². The van der Waals surface area contributed by atoms with Gasteiger partial charge in [0.25, 0.3) is 0 Å². The first-order valence-electron chi connectivity index (χ1n) is 14.8. The number of rotatable bonds is 21. The smallest absolute Gasteiger partial charge is 0.0747 e. The third-order valence-corrected chi connectivity index (χ3v) is 7.28. The van der Waals surface area contributed by atoms with Crippen LogP contribution in [0.5, 0.6) is 0 Å². The van der Waals surface area contributed by atoms with Crippen LogP contribution in [0.2, 0.25) is 0 Å². The lowest BCUT2D eigenvalue weighted by Crippen LogP contribution is -2.06. The van der Waals surface area contributed by atoms with Gasteiger partial charge in [0.2, 0.25) is 0 Å². The first-order valence-corrected chi connectivity index (χ1v) is 14.8. The molecule has 212 valence electrons. The van der Waals surface area contributed by atoms with Gasteiger partial charge in [-0.15, -0.1) is 0 Å². The molecule has 37 heavy (non-hydrogen) atoms. The molecule has 0 heterocycles. The zero-order valence-electron chi connectivity index (χ0n) is 25.5. The molecular formula is C35H60O2. The van der Waals surface area contributed by atoms with Crippen molar-refractivity contribution >= 4 is 0 Å². The molecule has 0 radical (unpaired) electrons. The molecule has 0 aliphatic rings. The second-order valence-corrected chi connectivity index (χ2v) is 11.5. The van der Waals surface area contributed by atoms with E-state index in [0.29, 0.717) is 12.5 Å². The summed E-state index contributed by atoms with van der Waals surface area (Å²) in [5, 5.41) is 18.9. The Morgan fingerprint density at radius 3 is 1.27 bits per heavy atom. The van der Waals surface area contributed by atoms with Crippen LogP contribution in [0.1, 0.15) is 132 Å². The summed E-state index contributed by atoms with van der Waals surface area (Å²) in [5.41, 5.74) is 8.18. The lowest BCUT2D eigenvalue weighted by Gasteiger charge is -2.10. The number of aliphatic hydroxyl groups excluding tert-OH is 2. The molecule has 0 bridgehead atoms. The molecule has 2 atom stereocenters. The second-order valence-electron chi connectivity index (χ2n) is 11.5. The van der Waals surface area contributed by atoms with Gasteiger partial charge in [-0.3, -0.25) is 0 Å². The van der Waals surface area contributed by atoms with Gasteiger partial charge in [0.15, 0.2) is 0 Å². The molecule has 2 N–H and O–H groups in total. The molecule has 0 rings (SSSR count). The molecule has 2 heteroatoms. The van der Waals surface area contributed by atoms with E-state index in [2.05, 4.69) is 78.5 Å². The number of hydrogen-bond donors (Lipinski definition) is 2. The van der Waals surface area contributed by atoms with Crippen LogP contribution in [0.3, 0.4) is 0 Å². The summed E-state index contributed by atoms with van der Waals surface area (Å²) in [4.78, 5) is 0. The molecule has 0 aromatic carbocycles. The topological polar surface area (TPSA) is 40.5 Å². The quantitative estimate of drug-likeness (QED) is 0.150. The summed E-state index contributed by atoms with van der Waals surface area (Å²) in [6.45, 7) is 19.4. The predicted molar refractivity (Wildman–Crippen MR) is 166 cm³/mol. The summed E-state index contributed by atoms with van der Waals surface area (Å²) < 4.78 is 0. The maximum Gasteiger partial charge on any atom is 0.0747 e. The maximum absolute atomic E-state index is 9.86. The average molecular weight is 513 g/mol. The minimum Gasteiger partial charge on any atom is -0.396 e. The molecule has 0 saturated heterocycles. The summed E-state index contributed by atoms with van der Waals surface area (Å²) in [6, 6.07) is 0. The summed E-state index contributed by atoms with van der Waals surface area (Å²) in [6.07, 6.45) is 25.6. The highest BCUT2D eigenvalue weighted by Gasteiger charge is 2.04. The first-order chi connectivity index (χ1) is 17.5. The van der Waals surface area contributed by atoms with Gasteiger partial charge in [0.05, 0.1) is 6.10 Å². The van der Waals surface area contributed by atoms with Crippen LogP contribution in [0.15, 0.2) is 70.4 Å². The van der Waals surface area contributed by atoms with Gasteiger partial charge in [-0.05, 0) is 131 Å². The fourth-order valence-corrected chi connectivity index (χ4v) is 4.29. The predicted octanol–water partition coefficient (Wildman–Crippen LogP) is 10.4. The van der Waals surface area contributed by atoms with Crippen molar-refractivity contribution in [3.05, 3.63) is 70.4 Å². The summed E-state index contributed by atoms with van der Waals surface area (Å²) in [7, 11) is 0. The Balaban J connectivity index is 4.14. The van der Waals surface area contributed by atoms with Crippen molar-refractivity contribution in [2.75, 3.05) is 6.61 Å². The van der Waals surface area contributed by atoms with Gasteiger partial charge in [-0.2, -0.15) is 0 Å². The number of hydrogen-bond acceptors (Lipinski definition) is 2. The van der Waals surface area contributed by atoms with E-state index in [9.17, 15) is 5.11 Å². The molecule has 0 spiro atoms. The van der Waals surface area contributed by atoms with Crippen molar-refractivity contribution in [1.29, 1.82) is 0 Å². The third kappa shape index (κ3) is 22.1. The van der Waals surface area contributed by atoms with E-state index in [-0.39, 0.29) is 6.10 Å². The lowest BCUT2D eigenvalue weighted by molar-refractivity contribution is 0.201. The monoisotopic (exact) mass is 512 g/mol. The molecule has 2 nitrogen and oxygen atoms in total. The minimum absolute atomic E-state index is 0.308. The molecular weight excluding hydrogens is 452 g/mol. The van der Waals surface area contributed by atoms with E-state index in [0.717, 1.165) is 82.6 Å². The highest BCUT2D eigenvalue weighted by atomic mass is 16.3. The molecule has 0 amide bonds. The first kappa shape index (κ1) is 35.4. The molecule has 0 aromatic rings. The number of aliphatic hydroxyl groups is 2. The summed E-state index contributed by atoms with van der Waals surface area (Å²) in [5.74, 6) is 0.615. The Morgan fingerprint density at radius 2 is 0.919 bits per heavy atom. The standard InChI is InChI=1S/C35H60O2/c1-28(2)35(37)25-24-33(7)22-12-20-31(5)18-10-16-29(3)14-9-15-30(4)17-11-19-32(6)21-13-23-34(8)26-27-36/h14,17-18,21-22,34-37H,1,9-13,15-16,19-20,23-27H2,2-8H3. The van der Waals surface area contributed by atoms with Gasteiger partial charge in [-0.1, -0.05) is 77.3 Å². The second kappa shape index (κ2) is 22.4. The van der Waals surface area contributed by atoms with E-state index < -0.39 is 0 Å². The number of allylic oxidation sites excluding steroid dienone is 10. The Bertz CT molecular complexity index is 775. The van der Waals surface area contributed by atoms with E-state index in [1.165, 1.54) is 34.3 Å². The van der Waals surface area contributed by atoms with Crippen LogP contribution in [0.25, 0.3) is 0 Å². The molecule has 2 unspecified atom stereocenters. The summed E-state index contributed by atoms with van der Waals surface area (Å²) >= 11 is 0. The van der Waals surface area contributed by atoms with Crippen LogP contribution in [-0.4, -0.2) is 22.9 Å². The largest absolute Gasteiger partial charge is 0.396 e. The zero-order valence-corrected chi connectivity index (χ0v) is 25.5. The van der Waals surface area contributed by atoms with Gasteiger partial charge < -0.3 is 10.2 Å². The molecule has 0 aliphatic carbocycles. The van der Waals surface area contributed by atoms with E-state index in [1.54, 1.807) is 0 Å². The Morgan fingerprint density at radius 1 is 0.568 bits per heavy atom. The fraction of sp³-hybridized carbons (Fsp3) is 0.657. The zero-order chi connectivity index (χ0) is 28.1. The Kier molecular flexibility index (Phi) is 21.4. The Hall–Kier alpha value is -1.64. The maximum atomic E-state index is 9.86. The molecule has 0 saturated carbocycles. The van der Waals surface area contributed by atoms with Crippen molar-refractivity contribution in [3.63, 3.8) is 0 Å². The third-order valence-electron chi connectivity index (χ3n) is 7.28. The van der Waals surface area contributed by atoms with Gasteiger partial charge in [0, 0.05) is 6.61 Å². The molecule has 0 fully saturated rings. The van der Waals surface area contributed by atoms with Crippen molar-refractivity contribution in [2.24, 2.45) is 5.92 Å². The molecule has 0 aliphatic heterocycles. The van der Waals surface area contributed by atoms with E-state index in [4.69, 9.17) is 5.11 Å². The van der Waals surface area contributed by atoms with Gasteiger partial charge >= 0.3 is 0 Å². The van der Waals surface area contributed by atoms with E-state index >= 15 is 0 Å². The highest BCUT2D eigenvalue weighted by molar-refractivity contribution is 5.09. The minimum atomic E-state index is -0.374. The normalized spacial score (nSPS) is 15.8. The average Bonchev–Trinajstić information content (AvgIpc) is 2.82.